The fourth-order valence-corrected chi connectivity index (χ4v) is 2.56. The number of aliphatic hydroxyl groups excluding tert-OH is 1. The highest BCUT2D eigenvalue weighted by molar-refractivity contribution is 6.45. The van der Waals surface area contributed by atoms with E-state index in [1.165, 1.54) is 0 Å². The maximum Gasteiger partial charge on any atom is 0.523 e. The van der Waals surface area contributed by atoms with E-state index in [0.29, 0.717) is 17.6 Å². The number of hydrogen-bond donors (Lipinski definition) is 2. The van der Waals surface area contributed by atoms with Gasteiger partial charge >= 0.3 is 7.12 Å². The first-order chi connectivity index (χ1) is 7.62. The molecule has 0 unspecified atom stereocenters. The molecule has 0 bridgehead atoms. The van der Waals surface area contributed by atoms with E-state index >= 15 is 0 Å². The quantitative estimate of drug-likeness (QED) is 0.558. The molecule has 3 nitrogen and oxygen atoms in total. The zero-order chi connectivity index (χ0) is 11.3. The Morgan fingerprint density at radius 2 is 2.19 bits per heavy atom. The first-order valence-electron chi connectivity index (χ1n) is 5.49. The second kappa shape index (κ2) is 3.04. The van der Waals surface area contributed by atoms with Gasteiger partial charge in [0.2, 0.25) is 0 Å². The number of rotatable bonds is 1. The molecule has 0 aromatic heterocycles. The third-order valence-corrected chi connectivity index (χ3v) is 3.57. The molecule has 1 aromatic rings. The van der Waals surface area contributed by atoms with Crippen LogP contribution in [0.4, 0.5) is 0 Å². The van der Waals surface area contributed by atoms with E-state index in [2.05, 4.69) is 6.58 Å². The minimum absolute atomic E-state index is 0.0123. The predicted octanol–water partition coefficient (Wildman–Crippen LogP) is 2.12. The van der Waals surface area contributed by atoms with Crippen molar-refractivity contribution in [1.82, 2.24) is 0 Å². The van der Waals surface area contributed by atoms with Crippen molar-refractivity contribution in [2.24, 2.45) is 0 Å². The molecule has 1 aliphatic carbocycles. The first-order valence-corrected chi connectivity index (χ1v) is 5.49. The Labute approximate surface area is 94.5 Å². The summed E-state index contributed by atoms with van der Waals surface area (Å²) in [6.45, 7) is 3.52. The predicted molar refractivity (Wildman–Crippen MR) is 62.4 cm³/mol. The van der Waals surface area contributed by atoms with E-state index in [0.717, 1.165) is 18.4 Å². The molecular weight excluding hydrogens is 203 g/mol. The average molecular weight is 216 g/mol. The van der Waals surface area contributed by atoms with E-state index in [-0.39, 0.29) is 11.2 Å². The molecular formula is C12H13BO3. The molecule has 16 heavy (non-hydrogen) atoms. The summed E-state index contributed by atoms with van der Waals surface area (Å²) in [4.78, 5) is 0. The van der Waals surface area contributed by atoms with Crippen LogP contribution < -0.4 is 4.65 Å². The molecule has 0 amide bonds. The van der Waals surface area contributed by atoms with Crippen LogP contribution in [-0.4, -0.2) is 17.2 Å². The van der Waals surface area contributed by atoms with E-state index in [1.807, 2.05) is 12.1 Å². The first kappa shape index (κ1) is 9.79. The Morgan fingerprint density at radius 1 is 1.44 bits per heavy atom. The minimum atomic E-state index is -0.768. The fraction of sp³-hybridized carbons (Fsp3) is 0.333. The van der Waals surface area contributed by atoms with Crippen LogP contribution in [0.1, 0.15) is 24.0 Å². The summed E-state index contributed by atoms with van der Waals surface area (Å²) in [7, 11) is -0.768. The molecule has 0 atom stereocenters. The Hall–Kier alpha value is -1.42. The van der Waals surface area contributed by atoms with Crippen molar-refractivity contribution in [2.75, 3.05) is 0 Å². The van der Waals surface area contributed by atoms with Crippen LogP contribution in [0.2, 0.25) is 6.32 Å². The van der Waals surface area contributed by atoms with Crippen LogP contribution in [0, 0.1) is 0 Å². The molecule has 1 saturated carbocycles. The third kappa shape index (κ3) is 1.26. The molecule has 1 fully saturated rings. The standard InChI is InChI=1S/C12H13BO3/c1-8(14)9-3-2-4-10-11(9)16-13(15)7-12(10)5-6-12/h2-4,14-15H,1,5-7H2. The van der Waals surface area contributed by atoms with Gasteiger partial charge < -0.3 is 14.8 Å². The molecule has 1 aromatic carbocycles. The van der Waals surface area contributed by atoms with Gasteiger partial charge in [-0.1, -0.05) is 18.7 Å². The van der Waals surface area contributed by atoms with Crippen LogP contribution >= 0.6 is 0 Å². The second-order valence-corrected chi connectivity index (χ2v) is 4.69. The van der Waals surface area contributed by atoms with Gasteiger partial charge in [-0.3, -0.25) is 0 Å². The summed E-state index contributed by atoms with van der Waals surface area (Å²) in [5.41, 5.74) is 1.77. The Balaban J connectivity index is 2.18. The van der Waals surface area contributed by atoms with Crippen molar-refractivity contribution >= 4 is 12.9 Å². The lowest BCUT2D eigenvalue weighted by molar-refractivity contribution is 0.378. The monoisotopic (exact) mass is 216 g/mol. The van der Waals surface area contributed by atoms with Gasteiger partial charge in [0.1, 0.15) is 11.5 Å². The lowest BCUT2D eigenvalue weighted by atomic mass is 9.69. The zero-order valence-corrected chi connectivity index (χ0v) is 8.94. The SMILES string of the molecule is C=C(O)c1cccc2c1OB(O)CC21CC1. The van der Waals surface area contributed by atoms with Gasteiger partial charge in [0.25, 0.3) is 0 Å². The van der Waals surface area contributed by atoms with E-state index in [9.17, 15) is 10.1 Å². The Kier molecular flexibility index (Phi) is 1.86. The largest absolute Gasteiger partial charge is 0.535 e. The van der Waals surface area contributed by atoms with Crippen molar-refractivity contribution in [3.8, 4) is 5.75 Å². The van der Waals surface area contributed by atoms with Gasteiger partial charge in [-0.25, -0.2) is 0 Å². The summed E-state index contributed by atoms with van der Waals surface area (Å²) in [6, 6.07) is 5.67. The maximum absolute atomic E-state index is 9.70. The van der Waals surface area contributed by atoms with Crippen LogP contribution in [0.3, 0.4) is 0 Å². The molecule has 0 radical (unpaired) electrons. The fourth-order valence-electron chi connectivity index (χ4n) is 2.56. The smallest absolute Gasteiger partial charge is 0.523 e. The lowest BCUT2D eigenvalue weighted by Gasteiger charge is -2.29. The van der Waals surface area contributed by atoms with Gasteiger partial charge in [-0.2, -0.15) is 0 Å². The highest BCUT2D eigenvalue weighted by Gasteiger charge is 2.52. The highest BCUT2D eigenvalue weighted by Crippen LogP contribution is 2.57. The van der Waals surface area contributed by atoms with E-state index in [4.69, 9.17) is 4.65 Å². The minimum Gasteiger partial charge on any atom is -0.535 e. The summed E-state index contributed by atoms with van der Waals surface area (Å²) >= 11 is 0. The Morgan fingerprint density at radius 3 is 2.81 bits per heavy atom. The average Bonchev–Trinajstić information content (AvgIpc) is 2.97. The maximum atomic E-state index is 9.70. The molecule has 2 N–H and O–H groups in total. The lowest BCUT2D eigenvalue weighted by Crippen LogP contribution is -2.33. The second-order valence-electron chi connectivity index (χ2n) is 4.69. The third-order valence-electron chi connectivity index (χ3n) is 3.57. The summed E-state index contributed by atoms with van der Waals surface area (Å²) in [5, 5.41) is 19.2. The van der Waals surface area contributed by atoms with E-state index < -0.39 is 7.12 Å². The molecule has 2 aliphatic rings. The van der Waals surface area contributed by atoms with Gasteiger partial charge in [-0.05, 0) is 29.9 Å². The number of para-hydroxylation sites is 1. The van der Waals surface area contributed by atoms with Crippen molar-refractivity contribution < 1.29 is 14.8 Å². The van der Waals surface area contributed by atoms with Gasteiger partial charge in [-0.15, -0.1) is 0 Å². The summed E-state index contributed by atoms with van der Waals surface area (Å²) in [6.07, 6.45) is 2.82. The number of aliphatic hydroxyl groups is 1. The van der Waals surface area contributed by atoms with Gasteiger partial charge in [0, 0.05) is 6.32 Å². The molecule has 82 valence electrons. The van der Waals surface area contributed by atoms with Crippen LogP contribution in [0.25, 0.3) is 5.76 Å². The van der Waals surface area contributed by atoms with E-state index in [1.54, 1.807) is 6.07 Å². The molecule has 1 spiro atoms. The van der Waals surface area contributed by atoms with Crippen LogP contribution in [-0.2, 0) is 5.41 Å². The highest BCUT2D eigenvalue weighted by atomic mass is 16.5. The van der Waals surface area contributed by atoms with Gasteiger partial charge in [0.05, 0.1) is 5.56 Å². The summed E-state index contributed by atoms with van der Waals surface area (Å²) < 4.78 is 5.43. The van der Waals surface area contributed by atoms with Gasteiger partial charge in [0.15, 0.2) is 0 Å². The van der Waals surface area contributed by atoms with Crippen LogP contribution in [0.15, 0.2) is 24.8 Å². The number of fused-ring (bicyclic) bond motifs is 2. The molecule has 1 heterocycles. The van der Waals surface area contributed by atoms with Crippen molar-refractivity contribution in [3.63, 3.8) is 0 Å². The number of benzene rings is 1. The summed E-state index contributed by atoms with van der Waals surface area (Å²) in [5.74, 6) is 0.591. The molecule has 4 heteroatoms. The topological polar surface area (TPSA) is 49.7 Å². The number of hydrogen-bond acceptors (Lipinski definition) is 3. The molecule has 1 aliphatic heterocycles. The van der Waals surface area contributed by atoms with Crippen molar-refractivity contribution in [3.05, 3.63) is 35.9 Å². The molecule has 0 saturated heterocycles. The van der Waals surface area contributed by atoms with Crippen LogP contribution in [0.5, 0.6) is 5.75 Å². The molecule has 3 rings (SSSR count). The normalized spacial score (nSPS) is 20.2. The van der Waals surface area contributed by atoms with Crippen molar-refractivity contribution in [2.45, 2.75) is 24.6 Å². The van der Waals surface area contributed by atoms with Crippen molar-refractivity contribution in [1.29, 1.82) is 0 Å². The Bertz CT molecular complexity index is 465. The zero-order valence-electron chi connectivity index (χ0n) is 8.94.